The summed E-state index contributed by atoms with van der Waals surface area (Å²) in [5.74, 6) is 1.71. The molecule has 4 N–H and O–H groups in total. The summed E-state index contributed by atoms with van der Waals surface area (Å²) >= 11 is 0. The van der Waals surface area contributed by atoms with E-state index in [1.807, 2.05) is 0 Å². The lowest BCUT2D eigenvalue weighted by Gasteiger charge is -2.23. The molecule has 5 nitrogen and oxygen atoms in total. The van der Waals surface area contributed by atoms with Gasteiger partial charge in [-0.05, 0) is 20.8 Å². The van der Waals surface area contributed by atoms with Crippen molar-refractivity contribution in [3.8, 4) is 12.3 Å². The molecule has 0 rings (SSSR count). The Hall–Kier alpha value is -1.54. The van der Waals surface area contributed by atoms with Crippen molar-refractivity contribution in [2.24, 2.45) is 11.1 Å². The van der Waals surface area contributed by atoms with Crippen molar-refractivity contribution < 1.29 is 9.59 Å². The minimum absolute atomic E-state index is 0.196. The maximum Gasteiger partial charge on any atom is 0.237 e. The summed E-state index contributed by atoms with van der Waals surface area (Å²) in [5.41, 5.74) is 4.53. The number of primary amides is 1. The second-order valence-electron chi connectivity index (χ2n) is 4.27. The molecule has 0 radical (unpaired) electrons. The van der Waals surface area contributed by atoms with E-state index >= 15 is 0 Å². The largest absolute Gasteiger partial charge is 0.369 e. The van der Waals surface area contributed by atoms with Gasteiger partial charge >= 0.3 is 0 Å². The van der Waals surface area contributed by atoms with Crippen molar-refractivity contribution in [1.82, 2.24) is 10.6 Å². The third kappa shape index (κ3) is 4.80. The number of hydrogen-bond acceptors (Lipinski definition) is 3. The number of nitrogens with one attached hydrogen (secondary N) is 2. The Morgan fingerprint density at radius 1 is 1.50 bits per heavy atom. The number of carbonyl (C=O) groups excluding carboxylic acids is 2. The highest BCUT2D eigenvalue weighted by Crippen LogP contribution is 2.11. The van der Waals surface area contributed by atoms with Gasteiger partial charge in [0.2, 0.25) is 11.8 Å². The van der Waals surface area contributed by atoms with E-state index < -0.39 is 17.4 Å². The molecule has 0 aromatic heterocycles. The molecule has 0 spiro atoms. The third-order valence-electron chi connectivity index (χ3n) is 2.28. The van der Waals surface area contributed by atoms with Gasteiger partial charge in [-0.25, -0.2) is 0 Å². The van der Waals surface area contributed by atoms with Gasteiger partial charge in [-0.15, -0.1) is 6.42 Å². The standard InChI is InChI=1S/C11H19N3O2/c1-5-6-13-9(15)8(2)14-7-11(3,4)10(12)16/h1,8,14H,6-7H2,2-4H3,(H2,12,16)(H,13,15). The van der Waals surface area contributed by atoms with Crippen LogP contribution in [0.25, 0.3) is 0 Å². The molecule has 0 saturated heterocycles. The van der Waals surface area contributed by atoms with Gasteiger partial charge in [0.1, 0.15) is 0 Å². The molecule has 0 heterocycles. The molecular weight excluding hydrogens is 206 g/mol. The summed E-state index contributed by atoms with van der Waals surface area (Å²) in [5, 5.41) is 5.48. The van der Waals surface area contributed by atoms with Crippen molar-refractivity contribution in [3.63, 3.8) is 0 Å². The van der Waals surface area contributed by atoms with E-state index in [9.17, 15) is 9.59 Å². The van der Waals surface area contributed by atoms with Crippen LogP contribution in [0.15, 0.2) is 0 Å². The minimum atomic E-state index is -0.680. The predicted molar refractivity (Wildman–Crippen MR) is 62.3 cm³/mol. The molecule has 1 atom stereocenters. The Labute approximate surface area is 96.2 Å². The van der Waals surface area contributed by atoms with E-state index in [0.29, 0.717) is 6.54 Å². The predicted octanol–water partition coefficient (Wildman–Crippen LogP) is -0.775. The van der Waals surface area contributed by atoms with Crippen LogP contribution in [0.5, 0.6) is 0 Å². The quantitative estimate of drug-likeness (QED) is 0.519. The highest BCUT2D eigenvalue weighted by molar-refractivity contribution is 5.82. The molecule has 90 valence electrons. The SMILES string of the molecule is C#CCNC(=O)C(C)NCC(C)(C)C(N)=O. The fraction of sp³-hybridized carbons (Fsp3) is 0.636. The summed E-state index contributed by atoms with van der Waals surface area (Å²) in [4.78, 5) is 22.4. The Morgan fingerprint density at radius 3 is 2.50 bits per heavy atom. The first-order valence-electron chi connectivity index (χ1n) is 5.05. The Balaban J connectivity index is 4.07. The average molecular weight is 225 g/mol. The Kier molecular flexibility index (Phi) is 5.54. The van der Waals surface area contributed by atoms with Gasteiger partial charge in [0.15, 0.2) is 0 Å². The van der Waals surface area contributed by atoms with Crippen molar-refractivity contribution in [2.75, 3.05) is 13.1 Å². The first kappa shape index (κ1) is 14.5. The van der Waals surface area contributed by atoms with Crippen molar-refractivity contribution in [1.29, 1.82) is 0 Å². The van der Waals surface area contributed by atoms with Crippen LogP contribution in [-0.4, -0.2) is 30.9 Å². The van der Waals surface area contributed by atoms with Gasteiger partial charge in [0.05, 0.1) is 18.0 Å². The van der Waals surface area contributed by atoms with Gasteiger partial charge in [0.25, 0.3) is 0 Å². The number of terminal acetylenes is 1. The molecule has 16 heavy (non-hydrogen) atoms. The van der Waals surface area contributed by atoms with Crippen LogP contribution in [0.2, 0.25) is 0 Å². The second kappa shape index (κ2) is 6.13. The van der Waals surface area contributed by atoms with E-state index in [0.717, 1.165) is 0 Å². The highest BCUT2D eigenvalue weighted by atomic mass is 16.2. The lowest BCUT2D eigenvalue weighted by atomic mass is 9.92. The third-order valence-corrected chi connectivity index (χ3v) is 2.28. The van der Waals surface area contributed by atoms with Crippen molar-refractivity contribution in [2.45, 2.75) is 26.8 Å². The Morgan fingerprint density at radius 2 is 2.06 bits per heavy atom. The van der Waals surface area contributed by atoms with Crippen molar-refractivity contribution in [3.05, 3.63) is 0 Å². The van der Waals surface area contributed by atoms with E-state index in [2.05, 4.69) is 16.6 Å². The van der Waals surface area contributed by atoms with Crippen LogP contribution < -0.4 is 16.4 Å². The van der Waals surface area contributed by atoms with Gasteiger partial charge < -0.3 is 16.4 Å². The van der Waals surface area contributed by atoms with Crippen LogP contribution >= 0.6 is 0 Å². The molecule has 5 heteroatoms. The van der Waals surface area contributed by atoms with Crippen LogP contribution in [0.3, 0.4) is 0 Å². The number of amides is 2. The van der Waals surface area contributed by atoms with Gasteiger partial charge in [-0.2, -0.15) is 0 Å². The summed E-state index contributed by atoms with van der Waals surface area (Å²) in [6.07, 6.45) is 5.01. The maximum absolute atomic E-state index is 11.4. The highest BCUT2D eigenvalue weighted by Gasteiger charge is 2.26. The molecule has 0 aromatic carbocycles. The van der Waals surface area contributed by atoms with E-state index in [4.69, 9.17) is 12.2 Å². The monoisotopic (exact) mass is 225 g/mol. The molecule has 0 aliphatic heterocycles. The molecule has 0 fully saturated rings. The molecule has 2 amide bonds. The molecule has 0 saturated carbocycles. The van der Waals surface area contributed by atoms with Crippen LogP contribution in [-0.2, 0) is 9.59 Å². The lowest BCUT2D eigenvalue weighted by molar-refractivity contribution is -0.127. The van der Waals surface area contributed by atoms with E-state index in [1.165, 1.54) is 0 Å². The normalized spacial score (nSPS) is 12.6. The topological polar surface area (TPSA) is 84.2 Å². The molecule has 0 aliphatic rings. The van der Waals surface area contributed by atoms with Gasteiger partial charge in [0, 0.05) is 6.54 Å². The van der Waals surface area contributed by atoms with Crippen LogP contribution in [0.4, 0.5) is 0 Å². The molecule has 0 bridgehead atoms. The van der Waals surface area contributed by atoms with Crippen LogP contribution in [0.1, 0.15) is 20.8 Å². The second-order valence-corrected chi connectivity index (χ2v) is 4.27. The van der Waals surface area contributed by atoms with Crippen LogP contribution in [0, 0.1) is 17.8 Å². The van der Waals surface area contributed by atoms with E-state index in [-0.39, 0.29) is 12.5 Å². The van der Waals surface area contributed by atoms with Crippen molar-refractivity contribution >= 4 is 11.8 Å². The molecule has 0 aliphatic carbocycles. The first-order valence-corrected chi connectivity index (χ1v) is 5.05. The van der Waals surface area contributed by atoms with Gasteiger partial charge in [-0.3, -0.25) is 9.59 Å². The number of carbonyl (C=O) groups is 2. The number of rotatable bonds is 6. The number of nitrogens with two attached hydrogens (primary N) is 1. The summed E-state index contributed by atoms with van der Waals surface area (Å²) < 4.78 is 0. The maximum atomic E-state index is 11.4. The summed E-state index contributed by atoms with van der Waals surface area (Å²) in [7, 11) is 0. The smallest absolute Gasteiger partial charge is 0.237 e. The van der Waals surface area contributed by atoms with Gasteiger partial charge in [-0.1, -0.05) is 5.92 Å². The first-order chi connectivity index (χ1) is 7.31. The molecule has 0 aromatic rings. The fourth-order valence-electron chi connectivity index (χ4n) is 0.879. The fourth-order valence-corrected chi connectivity index (χ4v) is 0.879. The molecular formula is C11H19N3O2. The zero-order chi connectivity index (χ0) is 12.8. The molecule has 1 unspecified atom stereocenters. The summed E-state index contributed by atoms with van der Waals surface area (Å²) in [6.45, 7) is 5.67. The van der Waals surface area contributed by atoms with E-state index in [1.54, 1.807) is 20.8 Å². The number of hydrogen-bond donors (Lipinski definition) is 3. The zero-order valence-corrected chi connectivity index (χ0v) is 9.96. The summed E-state index contributed by atoms with van der Waals surface area (Å²) in [6, 6.07) is -0.410. The lowest BCUT2D eigenvalue weighted by Crippen LogP contribution is -2.48. The minimum Gasteiger partial charge on any atom is -0.369 e. The zero-order valence-electron chi connectivity index (χ0n) is 9.96. The average Bonchev–Trinajstić information content (AvgIpc) is 2.22. The Bertz CT molecular complexity index is 305.